The zero-order chi connectivity index (χ0) is 15.1. The molecule has 21 heavy (non-hydrogen) atoms. The van der Waals surface area contributed by atoms with E-state index in [4.69, 9.17) is 4.99 Å². The lowest BCUT2D eigenvalue weighted by atomic mass is 9.87. The second-order valence-electron chi connectivity index (χ2n) is 7.09. The minimum Gasteiger partial charge on any atom is -0.357 e. The molecule has 2 N–H and O–H groups in total. The zero-order valence-corrected chi connectivity index (χ0v) is 14.2. The maximum atomic E-state index is 4.85. The topological polar surface area (TPSA) is 39.7 Å². The lowest BCUT2D eigenvalue weighted by Gasteiger charge is -2.30. The first kappa shape index (κ1) is 16.6. The summed E-state index contributed by atoms with van der Waals surface area (Å²) >= 11 is 0. The molecule has 2 rings (SSSR count). The Morgan fingerprint density at radius 3 is 2.62 bits per heavy atom. The van der Waals surface area contributed by atoms with Crippen molar-refractivity contribution in [2.24, 2.45) is 16.8 Å². The van der Waals surface area contributed by atoms with E-state index in [1.54, 1.807) is 0 Å². The molecule has 4 nitrogen and oxygen atoms in total. The SMILES string of the molecule is CCNC(=NCC1CCCN(C)C1)NC1CCC(C)CC1. The van der Waals surface area contributed by atoms with Crippen LogP contribution in [0.3, 0.4) is 0 Å². The summed E-state index contributed by atoms with van der Waals surface area (Å²) in [5, 5.41) is 7.07. The summed E-state index contributed by atoms with van der Waals surface area (Å²) in [5.41, 5.74) is 0. The third-order valence-electron chi connectivity index (χ3n) is 4.93. The molecule has 0 aromatic carbocycles. The minimum absolute atomic E-state index is 0.619. The lowest BCUT2D eigenvalue weighted by Crippen LogP contribution is -2.45. The second kappa shape index (κ2) is 8.62. The maximum Gasteiger partial charge on any atom is 0.191 e. The van der Waals surface area contributed by atoms with Gasteiger partial charge in [0.25, 0.3) is 0 Å². The molecule has 1 saturated carbocycles. The van der Waals surface area contributed by atoms with Crippen LogP contribution in [0.4, 0.5) is 0 Å². The van der Waals surface area contributed by atoms with E-state index in [0.717, 1.165) is 30.9 Å². The van der Waals surface area contributed by atoms with Gasteiger partial charge in [-0.1, -0.05) is 6.92 Å². The fourth-order valence-corrected chi connectivity index (χ4v) is 3.56. The average Bonchev–Trinajstić information content (AvgIpc) is 2.47. The highest BCUT2D eigenvalue weighted by Crippen LogP contribution is 2.23. The smallest absolute Gasteiger partial charge is 0.191 e. The molecular weight excluding hydrogens is 260 g/mol. The first-order valence-corrected chi connectivity index (χ1v) is 8.90. The molecule has 0 aromatic heterocycles. The van der Waals surface area contributed by atoms with Crippen molar-refractivity contribution in [2.45, 2.75) is 58.4 Å². The molecule has 1 heterocycles. The number of guanidine groups is 1. The molecule has 1 aliphatic carbocycles. The molecule has 0 bridgehead atoms. The van der Waals surface area contributed by atoms with Crippen molar-refractivity contribution in [1.29, 1.82) is 0 Å². The highest BCUT2D eigenvalue weighted by Gasteiger charge is 2.20. The molecule has 0 spiro atoms. The predicted molar refractivity (Wildman–Crippen MR) is 90.8 cm³/mol. The van der Waals surface area contributed by atoms with Crippen LogP contribution in [0.2, 0.25) is 0 Å². The standard InChI is InChI=1S/C17H34N4/c1-4-18-17(20-16-9-7-14(2)8-10-16)19-12-15-6-5-11-21(3)13-15/h14-16H,4-13H2,1-3H3,(H2,18,19,20). The molecule has 0 radical (unpaired) electrons. The van der Waals surface area contributed by atoms with Gasteiger partial charge in [0.15, 0.2) is 5.96 Å². The highest BCUT2D eigenvalue weighted by molar-refractivity contribution is 5.80. The molecular formula is C17H34N4. The van der Waals surface area contributed by atoms with Gasteiger partial charge in [-0.25, -0.2) is 0 Å². The van der Waals surface area contributed by atoms with Gasteiger partial charge in [-0.05, 0) is 70.9 Å². The van der Waals surface area contributed by atoms with Gasteiger partial charge in [-0.15, -0.1) is 0 Å². The Balaban J connectivity index is 1.80. The van der Waals surface area contributed by atoms with E-state index in [2.05, 4.69) is 36.4 Å². The van der Waals surface area contributed by atoms with E-state index >= 15 is 0 Å². The Morgan fingerprint density at radius 2 is 1.95 bits per heavy atom. The van der Waals surface area contributed by atoms with E-state index in [9.17, 15) is 0 Å². The highest BCUT2D eigenvalue weighted by atomic mass is 15.2. The second-order valence-corrected chi connectivity index (χ2v) is 7.09. The number of hydrogen-bond acceptors (Lipinski definition) is 2. The minimum atomic E-state index is 0.619. The molecule has 122 valence electrons. The number of hydrogen-bond donors (Lipinski definition) is 2. The number of nitrogens with zero attached hydrogens (tertiary/aromatic N) is 2. The van der Waals surface area contributed by atoms with Crippen LogP contribution in [0.15, 0.2) is 4.99 Å². The molecule has 1 aliphatic heterocycles. The number of likely N-dealkylation sites (tertiary alicyclic amines) is 1. The van der Waals surface area contributed by atoms with E-state index in [1.807, 2.05) is 0 Å². The lowest BCUT2D eigenvalue weighted by molar-refractivity contribution is 0.214. The maximum absolute atomic E-state index is 4.85. The summed E-state index contributed by atoms with van der Waals surface area (Å²) in [4.78, 5) is 7.29. The van der Waals surface area contributed by atoms with Gasteiger partial charge in [0.05, 0.1) is 0 Å². The summed E-state index contributed by atoms with van der Waals surface area (Å²) in [5.74, 6) is 2.66. The fraction of sp³-hybridized carbons (Fsp3) is 0.941. The molecule has 4 heteroatoms. The Bertz CT molecular complexity index is 321. The van der Waals surface area contributed by atoms with E-state index in [0.29, 0.717) is 6.04 Å². The normalized spacial score (nSPS) is 32.0. The molecule has 1 unspecified atom stereocenters. The van der Waals surface area contributed by atoms with Crippen molar-refractivity contribution >= 4 is 5.96 Å². The number of nitrogens with one attached hydrogen (secondary N) is 2. The van der Waals surface area contributed by atoms with Crippen LogP contribution in [0, 0.1) is 11.8 Å². The van der Waals surface area contributed by atoms with Crippen molar-refractivity contribution in [1.82, 2.24) is 15.5 Å². The van der Waals surface area contributed by atoms with Crippen LogP contribution < -0.4 is 10.6 Å². The van der Waals surface area contributed by atoms with Gasteiger partial charge in [0.1, 0.15) is 0 Å². The summed E-state index contributed by atoms with van der Waals surface area (Å²) < 4.78 is 0. The van der Waals surface area contributed by atoms with Gasteiger partial charge >= 0.3 is 0 Å². The Kier molecular flexibility index (Phi) is 6.81. The van der Waals surface area contributed by atoms with E-state index < -0.39 is 0 Å². The third kappa shape index (κ3) is 5.85. The Morgan fingerprint density at radius 1 is 1.19 bits per heavy atom. The van der Waals surface area contributed by atoms with Crippen molar-refractivity contribution in [3.05, 3.63) is 0 Å². The number of piperidine rings is 1. The fourth-order valence-electron chi connectivity index (χ4n) is 3.56. The summed E-state index contributed by atoms with van der Waals surface area (Å²) in [6.07, 6.45) is 7.93. The summed E-state index contributed by atoms with van der Waals surface area (Å²) in [6.45, 7) is 8.87. The Labute approximate surface area is 130 Å². The predicted octanol–water partition coefficient (Wildman–Crippen LogP) is 2.46. The van der Waals surface area contributed by atoms with Crippen LogP contribution >= 0.6 is 0 Å². The monoisotopic (exact) mass is 294 g/mol. The quantitative estimate of drug-likeness (QED) is 0.618. The van der Waals surface area contributed by atoms with Crippen LogP contribution in [-0.2, 0) is 0 Å². The van der Waals surface area contributed by atoms with Crippen molar-refractivity contribution in [2.75, 3.05) is 33.2 Å². The largest absolute Gasteiger partial charge is 0.357 e. The molecule has 2 aliphatic rings. The van der Waals surface area contributed by atoms with Gasteiger partial charge < -0.3 is 15.5 Å². The zero-order valence-electron chi connectivity index (χ0n) is 14.2. The van der Waals surface area contributed by atoms with Crippen molar-refractivity contribution in [3.8, 4) is 0 Å². The van der Waals surface area contributed by atoms with Crippen LogP contribution in [0.5, 0.6) is 0 Å². The van der Waals surface area contributed by atoms with Gasteiger partial charge in [-0.3, -0.25) is 4.99 Å². The first-order valence-electron chi connectivity index (χ1n) is 8.90. The summed E-state index contributed by atoms with van der Waals surface area (Å²) in [7, 11) is 2.22. The van der Waals surface area contributed by atoms with E-state index in [-0.39, 0.29) is 0 Å². The molecule has 0 amide bonds. The Hall–Kier alpha value is -0.770. The van der Waals surface area contributed by atoms with Gasteiger partial charge in [-0.2, -0.15) is 0 Å². The molecule has 1 saturated heterocycles. The average molecular weight is 294 g/mol. The van der Waals surface area contributed by atoms with Gasteiger partial charge in [0.2, 0.25) is 0 Å². The number of aliphatic imine (C=N–C) groups is 1. The first-order chi connectivity index (χ1) is 10.2. The molecule has 0 aromatic rings. The molecule has 1 atom stereocenters. The van der Waals surface area contributed by atoms with Gasteiger partial charge in [0, 0.05) is 25.7 Å². The molecule has 2 fully saturated rings. The van der Waals surface area contributed by atoms with E-state index in [1.165, 1.54) is 51.6 Å². The van der Waals surface area contributed by atoms with Crippen LogP contribution in [0.1, 0.15) is 52.4 Å². The van der Waals surface area contributed by atoms with Crippen molar-refractivity contribution < 1.29 is 0 Å². The summed E-state index contributed by atoms with van der Waals surface area (Å²) in [6, 6.07) is 0.619. The van der Waals surface area contributed by atoms with Crippen LogP contribution in [0.25, 0.3) is 0 Å². The number of rotatable bonds is 4. The third-order valence-corrected chi connectivity index (χ3v) is 4.93. The van der Waals surface area contributed by atoms with Crippen molar-refractivity contribution in [3.63, 3.8) is 0 Å². The van der Waals surface area contributed by atoms with Crippen LogP contribution in [-0.4, -0.2) is 50.1 Å².